The summed E-state index contributed by atoms with van der Waals surface area (Å²) in [6.07, 6.45) is 1.67. The van der Waals surface area contributed by atoms with Crippen LogP contribution in [-0.2, 0) is 6.54 Å². The van der Waals surface area contributed by atoms with Crippen molar-refractivity contribution in [1.82, 2.24) is 10.3 Å². The van der Waals surface area contributed by atoms with Gasteiger partial charge >= 0.3 is 0 Å². The van der Waals surface area contributed by atoms with Crippen molar-refractivity contribution >= 4 is 17.4 Å². The van der Waals surface area contributed by atoms with Crippen LogP contribution in [0.25, 0.3) is 0 Å². The molecule has 0 unspecified atom stereocenters. The van der Waals surface area contributed by atoms with E-state index in [1.54, 1.807) is 18.3 Å². The minimum atomic E-state index is -0.149. The van der Waals surface area contributed by atoms with Crippen LogP contribution in [0.1, 0.15) is 27.0 Å². The zero-order valence-electron chi connectivity index (χ0n) is 14.4. The number of pyridine rings is 1. The van der Waals surface area contributed by atoms with E-state index in [1.165, 1.54) is 11.1 Å². The van der Waals surface area contributed by atoms with E-state index >= 15 is 0 Å². The summed E-state index contributed by atoms with van der Waals surface area (Å²) in [6, 6.07) is 19.6. The van der Waals surface area contributed by atoms with Crippen molar-refractivity contribution in [3.05, 3.63) is 89.1 Å². The normalized spacial score (nSPS) is 10.3. The fraction of sp³-hybridized carbons (Fsp3) is 0.143. The number of carbonyl (C=O) groups is 1. The van der Waals surface area contributed by atoms with Crippen LogP contribution >= 0.6 is 0 Å². The van der Waals surface area contributed by atoms with Gasteiger partial charge in [0.15, 0.2) is 0 Å². The Morgan fingerprint density at radius 1 is 0.960 bits per heavy atom. The summed E-state index contributed by atoms with van der Waals surface area (Å²) in [5.41, 5.74) is 4.86. The molecule has 4 heteroatoms. The fourth-order valence-electron chi connectivity index (χ4n) is 2.56. The number of benzene rings is 2. The van der Waals surface area contributed by atoms with Crippen LogP contribution in [0.3, 0.4) is 0 Å². The molecule has 2 aromatic carbocycles. The first-order valence-electron chi connectivity index (χ1n) is 8.24. The zero-order valence-corrected chi connectivity index (χ0v) is 14.4. The van der Waals surface area contributed by atoms with Crippen LogP contribution < -0.4 is 10.6 Å². The predicted molar refractivity (Wildman–Crippen MR) is 101 cm³/mol. The highest BCUT2D eigenvalue weighted by Gasteiger charge is 2.12. The van der Waals surface area contributed by atoms with E-state index in [0.29, 0.717) is 17.9 Å². The molecule has 126 valence electrons. The van der Waals surface area contributed by atoms with Crippen molar-refractivity contribution in [3.8, 4) is 0 Å². The molecule has 0 saturated heterocycles. The second kappa shape index (κ2) is 7.62. The molecule has 0 aliphatic heterocycles. The van der Waals surface area contributed by atoms with E-state index in [2.05, 4.69) is 21.7 Å². The molecule has 1 heterocycles. The van der Waals surface area contributed by atoms with Crippen LogP contribution in [0.5, 0.6) is 0 Å². The molecule has 1 amide bonds. The van der Waals surface area contributed by atoms with Gasteiger partial charge in [0.05, 0.1) is 5.56 Å². The smallest absolute Gasteiger partial charge is 0.255 e. The van der Waals surface area contributed by atoms with E-state index in [9.17, 15) is 4.79 Å². The summed E-state index contributed by atoms with van der Waals surface area (Å²) >= 11 is 0. The average Bonchev–Trinajstić information content (AvgIpc) is 2.62. The van der Waals surface area contributed by atoms with Crippen molar-refractivity contribution in [3.63, 3.8) is 0 Å². The molecule has 0 aliphatic carbocycles. The second-order valence-electron chi connectivity index (χ2n) is 6.06. The molecule has 4 nitrogen and oxygen atoms in total. The molecule has 2 N–H and O–H groups in total. The van der Waals surface area contributed by atoms with E-state index in [4.69, 9.17) is 0 Å². The zero-order chi connectivity index (χ0) is 17.6. The van der Waals surface area contributed by atoms with Crippen LogP contribution in [0.4, 0.5) is 11.5 Å². The Kier molecular flexibility index (Phi) is 5.09. The number of nitrogens with one attached hydrogen (secondary N) is 2. The van der Waals surface area contributed by atoms with Crippen molar-refractivity contribution in [2.75, 3.05) is 5.32 Å². The first-order chi connectivity index (χ1) is 12.1. The number of hydrogen-bond acceptors (Lipinski definition) is 3. The lowest BCUT2D eigenvalue weighted by Crippen LogP contribution is -2.24. The van der Waals surface area contributed by atoms with E-state index in [0.717, 1.165) is 11.3 Å². The molecule has 0 aliphatic rings. The third-order valence-electron chi connectivity index (χ3n) is 3.90. The number of anilines is 2. The number of aromatic nitrogens is 1. The molecule has 0 radical (unpaired) electrons. The quantitative estimate of drug-likeness (QED) is 0.730. The van der Waals surface area contributed by atoms with Gasteiger partial charge in [0.2, 0.25) is 0 Å². The molecule has 0 bridgehead atoms. The summed E-state index contributed by atoms with van der Waals surface area (Å²) in [6.45, 7) is 4.56. The van der Waals surface area contributed by atoms with E-state index < -0.39 is 0 Å². The third-order valence-corrected chi connectivity index (χ3v) is 3.90. The monoisotopic (exact) mass is 331 g/mol. The number of hydrogen-bond donors (Lipinski definition) is 2. The first-order valence-corrected chi connectivity index (χ1v) is 8.24. The SMILES string of the molecule is Cc1ccc(Nc2ncccc2C(=O)NCc2cccc(C)c2)cc1. The second-order valence-corrected chi connectivity index (χ2v) is 6.06. The number of carbonyl (C=O) groups excluding carboxylic acids is 1. The predicted octanol–water partition coefficient (Wildman–Crippen LogP) is 4.37. The maximum atomic E-state index is 12.6. The highest BCUT2D eigenvalue weighted by molar-refractivity contribution is 5.99. The van der Waals surface area contributed by atoms with E-state index in [-0.39, 0.29) is 5.91 Å². The lowest BCUT2D eigenvalue weighted by Gasteiger charge is -2.11. The van der Waals surface area contributed by atoms with Crippen molar-refractivity contribution in [2.24, 2.45) is 0 Å². The summed E-state index contributed by atoms with van der Waals surface area (Å²) in [4.78, 5) is 16.9. The summed E-state index contributed by atoms with van der Waals surface area (Å²) in [7, 11) is 0. The van der Waals surface area contributed by atoms with Gasteiger partial charge in [0.1, 0.15) is 5.82 Å². The summed E-state index contributed by atoms with van der Waals surface area (Å²) in [5.74, 6) is 0.400. The number of nitrogens with zero attached hydrogens (tertiary/aromatic N) is 1. The van der Waals surface area contributed by atoms with Gasteiger partial charge in [-0.1, -0.05) is 47.5 Å². The Bertz CT molecular complexity index is 872. The van der Waals surface area contributed by atoms with Gasteiger partial charge in [-0.2, -0.15) is 0 Å². The molecular weight excluding hydrogens is 310 g/mol. The Hall–Kier alpha value is -3.14. The molecule has 0 fully saturated rings. The molecule has 0 atom stereocenters. The Morgan fingerprint density at radius 2 is 1.76 bits per heavy atom. The highest BCUT2D eigenvalue weighted by Crippen LogP contribution is 2.19. The average molecular weight is 331 g/mol. The van der Waals surface area contributed by atoms with Gasteiger partial charge in [-0.15, -0.1) is 0 Å². The topological polar surface area (TPSA) is 54.0 Å². The fourth-order valence-corrected chi connectivity index (χ4v) is 2.56. The Morgan fingerprint density at radius 3 is 2.52 bits per heavy atom. The Balaban J connectivity index is 1.73. The lowest BCUT2D eigenvalue weighted by atomic mass is 10.1. The highest BCUT2D eigenvalue weighted by atomic mass is 16.1. The van der Waals surface area contributed by atoms with Gasteiger partial charge in [-0.25, -0.2) is 4.98 Å². The minimum absolute atomic E-state index is 0.149. The number of aryl methyl sites for hydroxylation is 2. The molecule has 0 spiro atoms. The molecule has 3 rings (SSSR count). The van der Waals surface area contributed by atoms with Gasteiger partial charge in [-0.3, -0.25) is 4.79 Å². The lowest BCUT2D eigenvalue weighted by molar-refractivity contribution is 0.0951. The number of amides is 1. The number of rotatable bonds is 5. The van der Waals surface area contributed by atoms with Gasteiger partial charge in [-0.05, 0) is 43.7 Å². The standard InChI is InChI=1S/C21H21N3O/c1-15-8-10-18(11-9-15)24-20-19(7-4-12-22-20)21(25)23-14-17-6-3-5-16(2)13-17/h3-13H,14H2,1-2H3,(H,22,24)(H,23,25). The van der Waals surface area contributed by atoms with Gasteiger partial charge in [0.25, 0.3) is 5.91 Å². The van der Waals surface area contributed by atoms with Gasteiger partial charge < -0.3 is 10.6 Å². The van der Waals surface area contributed by atoms with E-state index in [1.807, 2.05) is 56.3 Å². The van der Waals surface area contributed by atoms with Gasteiger partial charge in [0, 0.05) is 18.4 Å². The molecule has 1 aromatic heterocycles. The molecule has 3 aromatic rings. The summed E-state index contributed by atoms with van der Waals surface area (Å²) < 4.78 is 0. The largest absolute Gasteiger partial charge is 0.348 e. The van der Waals surface area contributed by atoms with Crippen molar-refractivity contribution in [2.45, 2.75) is 20.4 Å². The maximum Gasteiger partial charge on any atom is 0.255 e. The third kappa shape index (κ3) is 4.44. The first kappa shape index (κ1) is 16.7. The maximum absolute atomic E-state index is 12.6. The van der Waals surface area contributed by atoms with Crippen LogP contribution in [0.15, 0.2) is 66.9 Å². The van der Waals surface area contributed by atoms with Crippen molar-refractivity contribution < 1.29 is 4.79 Å². The minimum Gasteiger partial charge on any atom is -0.348 e. The molecule has 0 saturated carbocycles. The van der Waals surface area contributed by atoms with Crippen LogP contribution in [0.2, 0.25) is 0 Å². The van der Waals surface area contributed by atoms with Crippen LogP contribution in [0, 0.1) is 13.8 Å². The molecular formula is C21H21N3O. The Labute approximate surface area is 147 Å². The van der Waals surface area contributed by atoms with Crippen molar-refractivity contribution in [1.29, 1.82) is 0 Å². The van der Waals surface area contributed by atoms with Crippen LogP contribution in [-0.4, -0.2) is 10.9 Å². The molecule has 25 heavy (non-hydrogen) atoms. The summed E-state index contributed by atoms with van der Waals surface area (Å²) in [5, 5.41) is 6.17.